The number of fused-ring (bicyclic) bond motifs is 3. The van der Waals surface area contributed by atoms with E-state index < -0.39 is 0 Å². The molecule has 1 heterocycles. The maximum absolute atomic E-state index is 6.22. The SMILES string of the molecule is C[C@@H]1[C@@H](C2O[C@H]3CCCC[C@H]3O2)[C@H]2C=C[C@@H]1C2. The molecule has 3 fully saturated rings. The van der Waals surface area contributed by atoms with Gasteiger partial charge in [0.2, 0.25) is 0 Å². The van der Waals surface area contributed by atoms with E-state index in [9.17, 15) is 0 Å². The van der Waals surface area contributed by atoms with E-state index in [2.05, 4.69) is 19.1 Å². The van der Waals surface area contributed by atoms with Gasteiger partial charge in [0.1, 0.15) is 0 Å². The zero-order valence-electron chi connectivity index (χ0n) is 10.5. The first-order valence-corrected chi connectivity index (χ1v) is 7.32. The van der Waals surface area contributed by atoms with Gasteiger partial charge in [-0.15, -0.1) is 0 Å². The molecule has 0 aromatic carbocycles. The van der Waals surface area contributed by atoms with Crippen LogP contribution in [0.1, 0.15) is 39.0 Å². The van der Waals surface area contributed by atoms with Crippen molar-refractivity contribution in [2.24, 2.45) is 23.7 Å². The Morgan fingerprint density at radius 3 is 2.18 bits per heavy atom. The van der Waals surface area contributed by atoms with Gasteiger partial charge in [-0.25, -0.2) is 0 Å². The number of hydrogen-bond acceptors (Lipinski definition) is 2. The Bertz CT molecular complexity index is 324. The fourth-order valence-corrected chi connectivity index (χ4v) is 4.49. The molecule has 1 saturated heterocycles. The van der Waals surface area contributed by atoms with Crippen LogP contribution in [0, 0.1) is 23.7 Å². The molecule has 2 saturated carbocycles. The average molecular weight is 234 g/mol. The van der Waals surface area contributed by atoms with Crippen LogP contribution >= 0.6 is 0 Å². The van der Waals surface area contributed by atoms with Gasteiger partial charge in [-0.1, -0.05) is 31.9 Å². The van der Waals surface area contributed by atoms with Gasteiger partial charge in [0.25, 0.3) is 0 Å². The molecule has 0 amide bonds. The molecule has 7 atom stereocenters. The molecule has 2 nitrogen and oxygen atoms in total. The van der Waals surface area contributed by atoms with Crippen LogP contribution in [-0.4, -0.2) is 18.5 Å². The van der Waals surface area contributed by atoms with Crippen molar-refractivity contribution in [1.29, 1.82) is 0 Å². The lowest BCUT2D eigenvalue weighted by molar-refractivity contribution is -0.120. The van der Waals surface area contributed by atoms with Gasteiger partial charge in [0.05, 0.1) is 12.2 Å². The second kappa shape index (κ2) is 3.83. The molecule has 0 aromatic rings. The monoisotopic (exact) mass is 234 g/mol. The summed E-state index contributed by atoms with van der Waals surface area (Å²) in [6, 6.07) is 0. The smallest absolute Gasteiger partial charge is 0.162 e. The Morgan fingerprint density at radius 1 is 0.941 bits per heavy atom. The fourth-order valence-electron chi connectivity index (χ4n) is 4.49. The van der Waals surface area contributed by atoms with Crippen molar-refractivity contribution in [3.05, 3.63) is 12.2 Å². The summed E-state index contributed by atoms with van der Waals surface area (Å²) in [7, 11) is 0. The van der Waals surface area contributed by atoms with E-state index in [1.165, 1.54) is 32.1 Å². The van der Waals surface area contributed by atoms with Gasteiger partial charge in [-0.3, -0.25) is 0 Å². The lowest BCUT2D eigenvalue weighted by Gasteiger charge is -2.29. The second-order valence-electron chi connectivity index (χ2n) is 6.39. The largest absolute Gasteiger partial charge is 0.346 e. The quantitative estimate of drug-likeness (QED) is 0.649. The van der Waals surface area contributed by atoms with Crippen molar-refractivity contribution in [3.63, 3.8) is 0 Å². The van der Waals surface area contributed by atoms with E-state index in [0.29, 0.717) is 18.1 Å². The predicted molar refractivity (Wildman–Crippen MR) is 65.4 cm³/mol. The molecular weight excluding hydrogens is 212 g/mol. The second-order valence-corrected chi connectivity index (χ2v) is 6.39. The molecule has 3 aliphatic carbocycles. The van der Waals surface area contributed by atoms with Crippen molar-refractivity contribution in [1.82, 2.24) is 0 Å². The average Bonchev–Trinajstić information content (AvgIpc) is 3.00. The molecule has 4 rings (SSSR count). The van der Waals surface area contributed by atoms with E-state index in [1.807, 2.05) is 0 Å². The Labute approximate surface area is 103 Å². The zero-order chi connectivity index (χ0) is 11.4. The minimum atomic E-state index is 0.0954. The molecule has 2 heteroatoms. The standard InChI is InChI=1S/C15H22O2/c1-9-10-6-7-11(8-10)14(9)15-16-12-4-2-3-5-13(12)17-15/h6-7,9-15H,2-5,8H2,1H3/t9-,10+,11-,12-,13+,14+,15?/m0/s1. The first-order valence-electron chi connectivity index (χ1n) is 7.32. The maximum atomic E-state index is 6.22. The third kappa shape index (κ3) is 1.53. The van der Waals surface area contributed by atoms with Gasteiger partial charge in [0, 0.05) is 5.92 Å². The highest BCUT2D eigenvalue weighted by atomic mass is 16.7. The number of hydrogen-bond donors (Lipinski definition) is 0. The van der Waals surface area contributed by atoms with Crippen LogP contribution in [-0.2, 0) is 9.47 Å². The lowest BCUT2D eigenvalue weighted by Crippen LogP contribution is -2.31. The highest BCUT2D eigenvalue weighted by Crippen LogP contribution is 2.51. The topological polar surface area (TPSA) is 18.5 Å². The summed E-state index contributed by atoms with van der Waals surface area (Å²) in [5.74, 6) is 2.88. The van der Waals surface area contributed by atoms with Crippen LogP contribution in [0.2, 0.25) is 0 Å². The molecule has 94 valence electrons. The summed E-state index contributed by atoms with van der Waals surface area (Å²) in [5.41, 5.74) is 0. The number of ether oxygens (including phenoxy) is 2. The third-order valence-electron chi connectivity index (χ3n) is 5.50. The molecule has 1 aliphatic heterocycles. The molecule has 17 heavy (non-hydrogen) atoms. The van der Waals surface area contributed by atoms with Crippen LogP contribution in [0.5, 0.6) is 0 Å². The normalized spacial score (nSPS) is 56.4. The number of rotatable bonds is 1. The van der Waals surface area contributed by atoms with Crippen molar-refractivity contribution in [3.8, 4) is 0 Å². The van der Waals surface area contributed by atoms with E-state index in [4.69, 9.17) is 9.47 Å². The van der Waals surface area contributed by atoms with Gasteiger partial charge in [0.15, 0.2) is 6.29 Å². The lowest BCUT2D eigenvalue weighted by atomic mass is 9.84. The third-order valence-corrected chi connectivity index (χ3v) is 5.50. The van der Waals surface area contributed by atoms with Gasteiger partial charge in [-0.2, -0.15) is 0 Å². The zero-order valence-corrected chi connectivity index (χ0v) is 10.5. The van der Waals surface area contributed by atoms with Gasteiger partial charge >= 0.3 is 0 Å². The summed E-state index contributed by atoms with van der Waals surface area (Å²) < 4.78 is 12.4. The Balaban J connectivity index is 1.51. The highest BCUT2D eigenvalue weighted by molar-refractivity contribution is 5.13. The molecule has 4 aliphatic rings. The maximum Gasteiger partial charge on any atom is 0.162 e. The number of allylic oxidation sites excluding steroid dienone is 2. The molecule has 0 aromatic heterocycles. The Morgan fingerprint density at radius 2 is 1.59 bits per heavy atom. The minimum absolute atomic E-state index is 0.0954. The molecule has 1 unspecified atom stereocenters. The fraction of sp³-hybridized carbons (Fsp3) is 0.867. The Hall–Kier alpha value is -0.340. The summed E-state index contributed by atoms with van der Waals surface area (Å²) in [4.78, 5) is 0. The summed E-state index contributed by atoms with van der Waals surface area (Å²) >= 11 is 0. The van der Waals surface area contributed by atoms with Crippen LogP contribution in [0.25, 0.3) is 0 Å². The molecule has 2 bridgehead atoms. The van der Waals surface area contributed by atoms with Crippen LogP contribution in [0.3, 0.4) is 0 Å². The predicted octanol–water partition coefficient (Wildman–Crippen LogP) is 3.13. The van der Waals surface area contributed by atoms with Crippen LogP contribution < -0.4 is 0 Å². The van der Waals surface area contributed by atoms with E-state index in [-0.39, 0.29) is 6.29 Å². The summed E-state index contributed by atoms with van der Waals surface area (Å²) in [6.07, 6.45) is 12.1. The van der Waals surface area contributed by atoms with E-state index in [0.717, 1.165) is 17.8 Å². The van der Waals surface area contributed by atoms with Crippen LogP contribution in [0.4, 0.5) is 0 Å². The van der Waals surface area contributed by atoms with Crippen molar-refractivity contribution >= 4 is 0 Å². The summed E-state index contributed by atoms with van der Waals surface area (Å²) in [6.45, 7) is 2.38. The first-order chi connectivity index (χ1) is 8.33. The molecule has 0 radical (unpaired) electrons. The highest BCUT2D eigenvalue weighted by Gasteiger charge is 2.51. The minimum Gasteiger partial charge on any atom is -0.346 e. The summed E-state index contributed by atoms with van der Waals surface area (Å²) in [5, 5.41) is 0. The molecule has 0 spiro atoms. The first kappa shape index (κ1) is 10.6. The Kier molecular flexibility index (Phi) is 2.38. The molecular formula is C15H22O2. The van der Waals surface area contributed by atoms with Gasteiger partial charge in [-0.05, 0) is 37.0 Å². The van der Waals surface area contributed by atoms with Crippen molar-refractivity contribution in [2.75, 3.05) is 0 Å². The van der Waals surface area contributed by atoms with Crippen molar-refractivity contribution < 1.29 is 9.47 Å². The van der Waals surface area contributed by atoms with E-state index >= 15 is 0 Å². The van der Waals surface area contributed by atoms with E-state index in [1.54, 1.807) is 0 Å². The molecule has 0 N–H and O–H groups in total. The van der Waals surface area contributed by atoms with Gasteiger partial charge < -0.3 is 9.47 Å². The van der Waals surface area contributed by atoms with Crippen molar-refractivity contribution in [2.45, 2.75) is 57.5 Å². The van der Waals surface area contributed by atoms with Crippen LogP contribution in [0.15, 0.2) is 12.2 Å².